The van der Waals surface area contributed by atoms with Crippen molar-refractivity contribution in [3.63, 3.8) is 0 Å². The first-order valence-corrected chi connectivity index (χ1v) is 10.4. The van der Waals surface area contributed by atoms with Gasteiger partial charge in [-0.1, -0.05) is 44.2 Å². The molecule has 5 nitrogen and oxygen atoms in total. The molecule has 0 saturated carbocycles. The molecular weight excluding hydrogens is 386 g/mol. The molecule has 0 aromatic heterocycles. The van der Waals surface area contributed by atoms with Crippen molar-refractivity contribution in [1.29, 1.82) is 0 Å². The van der Waals surface area contributed by atoms with Crippen LogP contribution in [0.5, 0.6) is 0 Å². The van der Waals surface area contributed by atoms with Crippen LogP contribution in [-0.4, -0.2) is 21.3 Å². The van der Waals surface area contributed by atoms with E-state index in [1.807, 2.05) is 50.3 Å². The number of rotatable bonds is 3. The Hall–Kier alpha value is -1.92. The van der Waals surface area contributed by atoms with Crippen molar-refractivity contribution >= 4 is 28.1 Å². The SMILES string of the molecule is C1=COCCC1.CC1(C)CC(N)=CC(OS(C)(=O)=O)=C1c1ccccc1.Cl. The normalized spacial score (nSPS) is 18.3. The van der Waals surface area contributed by atoms with Crippen molar-refractivity contribution in [3.8, 4) is 0 Å². The Balaban J connectivity index is 0.000000444. The van der Waals surface area contributed by atoms with Gasteiger partial charge in [-0.05, 0) is 36.3 Å². The second-order valence-electron chi connectivity index (χ2n) is 7.06. The number of hydrogen-bond acceptors (Lipinski definition) is 5. The van der Waals surface area contributed by atoms with Gasteiger partial charge in [0.2, 0.25) is 0 Å². The number of ether oxygens (including phenoxy) is 1. The van der Waals surface area contributed by atoms with Gasteiger partial charge < -0.3 is 14.7 Å². The highest BCUT2D eigenvalue weighted by atomic mass is 35.5. The van der Waals surface area contributed by atoms with Gasteiger partial charge in [-0.2, -0.15) is 8.42 Å². The Morgan fingerprint density at radius 3 is 2.30 bits per heavy atom. The van der Waals surface area contributed by atoms with Crippen LogP contribution in [0.25, 0.3) is 5.57 Å². The summed E-state index contributed by atoms with van der Waals surface area (Å²) in [5.41, 5.74) is 8.04. The predicted molar refractivity (Wildman–Crippen MR) is 112 cm³/mol. The summed E-state index contributed by atoms with van der Waals surface area (Å²) in [5, 5.41) is 0. The third kappa shape index (κ3) is 7.31. The van der Waals surface area contributed by atoms with Gasteiger partial charge in [0.1, 0.15) is 5.76 Å². The van der Waals surface area contributed by atoms with E-state index in [0.717, 1.165) is 24.0 Å². The molecule has 0 fully saturated rings. The van der Waals surface area contributed by atoms with Gasteiger partial charge in [0.15, 0.2) is 0 Å². The molecule has 1 aromatic rings. The molecule has 0 amide bonds. The Morgan fingerprint density at radius 2 is 1.85 bits per heavy atom. The first kappa shape index (κ1) is 23.1. The molecule has 0 bridgehead atoms. The van der Waals surface area contributed by atoms with Gasteiger partial charge in [-0.15, -0.1) is 12.4 Å². The molecule has 0 radical (unpaired) electrons. The summed E-state index contributed by atoms with van der Waals surface area (Å²) >= 11 is 0. The minimum atomic E-state index is -3.60. The van der Waals surface area contributed by atoms with Crippen LogP contribution in [0.4, 0.5) is 0 Å². The van der Waals surface area contributed by atoms with Crippen molar-refractivity contribution in [3.05, 3.63) is 65.8 Å². The van der Waals surface area contributed by atoms with Crippen LogP contribution in [0.3, 0.4) is 0 Å². The maximum atomic E-state index is 11.5. The molecule has 1 aromatic carbocycles. The lowest BCUT2D eigenvalue weighted by molar-refractivity contribution is 0.231. The fourth-order valence-electron chi connectivity index (χ4n) is 3.08. The largest absolute Gasteiger partial charge is 0.502 e. The molecule has 0 unspecified atom stereocenters. The molecule has 27 heavy (non-hydrogen) atoms. The predicted octanol–water partition coefficient (Wildman–Crippen LogP) is 4.38. The van der Waals surface area contributed by atoms with Crippen LogP contribution in [0, 0.1) is 5.41 Å². The van der Waals surface area contributed by atoms with Crippen molar-refractivity contribution in [1.82, 2.24) is 0 Å². The Kier molecular flexibility index (Phi) is 8.44. The van der Waals surface area contributed by atoms with Crippen molar-refractivity contribution < 1.29 is 17.3 Å². The van der Waals surface area contributed by atoms with E-state index >= 15 is 0 Å². The van der Waals surface area contributed by atoms with E-state index in [0.29, 0.717) is 17.9 Å². The van der Waals surface area contributed by atoms with E-state index in [9.17, 15) is 8.42 Å². The van der Waals surface area contributed by atoms with Crippen LogP contribution in [-0.2, 0) is 19.0 Å². The van der Waals surface area contributed by atoms with Crippen LogP contribution in [0.2, 0.25) is 0 Å². The molecule has 7 heteroatoms. The lowest BCUT2D eigenvalue weighted by Crippen LogP contribution is -2.24. The number of benzene rings is 1. The van der Waals surface area contributed by atoms with E-state index in [2.05, 4.69) is 0 Å². The van der Waals surface area contributed by atoms with Gasteiger partial charge in [0.25, 0.3) is 0 Å². The molecule has 2 aliphatic rings. The van der Waals surface area contributed by atoms with Crippen molar-refractivity contribution in [2.75, 3.05) is 12.9 Å². The lowest BCUT2D eigenvalue weighted by atomic mass is 9.73. The summed E-state index contributed by atoms with van der Waals surface area (Å²) in [6.07, 6.45) is 9.50. The number of halogens is 1. The summed E-state index contributed by atoms with van der Waals surface area (Å²) in [4.78, 5) is 0. The number of hydrogen-bond donors (Lipinski definition) is 1. The highest BCUT2D eigenvalue weighted by Crippen LogP contribution is 2.45. The summed E-state index contributed by atoms with van der Waals surface area (Å²) in [5.74, 6) is 0.312. The van der Waals surface area contributed by atoms with E-state index in [4.69, 9.17) is 14.7 Å². The standard InChI is InChI=1S/C15H19NO3S.C5H8O.ClH/c1-15(2)10-12(16)9-13(19-20(3,17)18)14(15)11-7-5-4-6-8-11;1-2-4-6-5-3-1;/h4-9H,10,16H2,1-3H3;2,4H,1,3,5H2;1H. The first-order chi connectivity index (χ1) is 12.2. The quantitative estimate of drug-likeness (QED) is 0.744. The zero-order chi connectivity index (χ0) is 19.2. The Morgan fingerprint density at radius 1 is 1.19 bits per heavy atom. The van der Waals surface area contributed by atoms with Crippen LogP contribution in [0.1, 0.15) is 38.7 Å². The average Bonchev–Trinajstić information content (AvgIpc) is 2.55. The smallest absolute Gasteiger partial charge is 0.306 e. The molecular formula is C20H28ClNO4S. The molecule has 0 saturated heterocycles. The molecule has 3 rings (SSSR count). The minimum absolute atomic E-state index is 0. The molecule has 0 atom stereocenters. The van der Waals surface area contributed by atoms with Crippen LogP contribution < -0.4 is 5.73 Å². The van der Waals surface area contributed by atoms with E-state index < -0.39 is 10.1 Å². The number of nitrogens with two attached hydrogens (primary N) is 1. The van der Waals surface area contributed by atoms with Crippen LogP contribution >= 0.6 is 12.4 Å². The summed E-state index contributed by atoms with van der Waals surface area (Å²) in [6, 6.07) is 9.63. The van der Waals surface area contributed by atoms with E-state index in [1.165, 1.54) is 12.8 Å². The molecule has 0 spiro atoms. The third-order valence-electron chi connectivity index (χ3n) is 4.01. The lowest BCUT2D eigenvalue weighted by Gasteiger charge is -2.33. The summed E-state index contributed by atoms with van der Waals surface area (Å²) < 4.78 is 33.0. The van der Waals surface area contributed by atoms with Crippen molar-refractivity contribution in [2.24, 2.45) is 11.1 Å². The fourth-order valence-corrected chi connectivity index (χ4v) is 3.54. The van der Waals surface area contributed by atoms with Gasteiger partial charge in [-0.3, -0.25) is 0 Å². The zero-order valence-corrected chi connectivity index (χ0v) is 17.6. The zero-order valence-electron chi connectivity index (χ0n) is 16.0. The highest BCUT2D eigenvalue weighted by Gasteiger charge is 2.33. The first-order valence-electron chi connectivity index (χ1n) is 8.61. The maximum absolute atomic E-state index is 11.5. The topological polar surface area (TPSA) is 78.6 Å². The average molecular weight is 414 g/mol. The second-order valence-corrected chi connectivity index (χ2v) is 8.63. The second kappa shape index (κ2) is 9.85. The molecule has 1 aliphatic heterocycles. The monoisotopic (exact) mass is 413 g/mol. The van der Waals surface area contributed by atoms with Gasteiger partial charge in [-0.25, -0.2) is 0 Å². The van der Waals surface area contributed by atoms with Gasteiger partial charge >= 0.3 is 10.1 Å². The van der Waals surface area contributed by atoms with Gasteiger partial charge in [0.05, 0.1) is 19.1 Å². The van der Waals surface area contributed by atoms with E-state index in [1.54, 1.807) is 12.3 Å². The molecule has 1 heterocycles. The molecule has 1 aliphatic carbocycles. The molecule has 150 valence electrons. The third-order valence-corrected chi connectivity index (χ3v) is 4.50. The Bertz CT molecular complexity index is 804. The maximum Gasteiger partial charge on any atom is 0.306 e. The highest BCUT2D eigenvalue weighted by molar-refractivity contribution is 7.86. The van der Waals surface area contributed by atoms with E-state index in [-0.39, 0.29) is 17.8 Å². The summed E-state index contributed by atoms with van der Waals surface area (Å²) in [6.45, 7) is 4.97. The number of allylic oxidation sites excluding steroid dienone is 4. The fraction of sp³-hybridized carbons (Fsp3) is 0.400. The molecule has 2 N–H and O–H groups in total. The Labute approximate surface area is 168 Å². The minimum Gasteiger partial charge on any atom is -0.502 e. The summed E-state index contributed by atoms with van der Waals surface area (Å²) in [7, 11) is -3.60. The van der Waals surface area contributed by atoms with Crippen LogP contribution in [0.15, 0.2) is 60.2 Å². The van der Waals surface area contributed by atoms with Crippen molar-refractivity contribution in [2.45, 2.75) is 33.1 Å². The van der Waals surface area contributed by atoms with Gasteiger partial charge in [0, 0.05) is 17.3 Å².